The van der Waals surface area contributed by atoms with E-state index in [2.05, 4.69) is 38.5 Å². The fourth-order valence-corrected chi connectivity index (χ4v) is 3.23. The Morgan fingerprint density at radius 1 is 0.963 bits per heavy atom. The molecule has 0 amide bonds. The highest BCUT2D eigenvalue weighted by atomic mass is 35.5. The first-order valence-corrected chi connectivity index (χ1v) is 9.60. The molecule has 0 aliphatic rings. The first-order chi connectivity index (χ1) is 13.0. The second-order valence-electron chi connectivity index (χ2n) is 5.36. The van der Waals surface area contributed by atoms with E-state index in [0.29, 0.717) is 5.03 Å². The fourth-order valence-electron chi connectivity index (χ4n) is 2.56. The van der Waals surface area contributed by atoms with E-state index in [-0.39, 0.29) is 0 Å². The lowest BCUT2D eigenvalue weighted by atomic mass is 9.83. The lowest BCUT2D eigenvalue weighted by Gasteiger charge is -2.31. The fraction of sp³-hybridized carbons (Fsp3) is 0.200. The topological polar surface area (TPSA) is 0 Å². The minimum absolute atomic E-state index is 0.544. The summed E-state index contributed by atoms with van der Waals surface area (Å²) < 4.78 is 0. The molecule has 0 saturated carbocycles. The smallest absolute Gasteiger partial charge is 0.121 e. The molecule has 1 atom stereocenters. The van der Waals surface area contributed by atoms with Crippen LogP contribution in [0.25, 0.3) is 0 Å². The Morgan fingerprint density at radius 2 is 1.44 bits per heavy atom. The van der Waals surface area contributed by atoms with Crippen LogP contribution in [0.1, 0.15) is 37.5 Å². The number of hydrogen-bond donors (Lipinski definition) is 0. The number of benzene rings is 2. The number of rotatable bonds is 5. The van der Waals surface area contributed by atoms with Crippen LogP contribution in [0.3, 0.4) is 0 Å². The minimum Gasteiger partial charge on any atom is -0.124 e. The van der Waals surface area contributed by atoms with Crippen molar-refractivity contribution in [3.05, 3.63) is 107 Å². The van der Waals surface area contributed by atoms with Crippen LogP contribution < -0.4 is 0 Å². The van der Waals surface area contributed by atoms with Crippen molar-refractivity contribution in [2.75, 3.05) is 0 Å². The largest absolute Gasteiger partial charge is 0.124 e. The summed E-state index contributed by atoms with van der Waals surface area (Å²) in [6.45, 7) is 11.8. The number of hydrogen-bond acceptors (Lipinski definition) is 0. The Kier molecular flexibility index (Phi) is 12.0. The molecule has 142 valence electrons. The molecular weight excluding hydrogens is 371 g/mol. The van der Waals surface area contributed by atoms with Crippen molar-refractivity contribution in [2.45, 2.75) is 32.6 Å². The normalized spacial score (nSPS) is 13.2. The molecule has 0 aromatic heterocycles. The monoisotopic (exact) mass is 398 g/mol. The number of terminal acetylenes is 1. The van der Waals surface area contributed by atoms with Crippen molar-refractivity contribution in [1.82, 2.24) is 0 Å². The molecule has 1 unspecified atom stereocenters. The van der Waals surface area contributed by atoms with Crippen LogP contribution >= 0.6 is 23.2 Å². The lowest BCUT2D eigenvalue weighted by molar-refractivity contribution is 0.874. The van der Waals surface area contributed by atoms with Crippen LogP contribution in [0.2, 0.25) is 0 Å². The first kappa shape index (κ1) is 24.8. The SMILES string of the molecule is C#C.C=C/C(Cl)=C(\C=C/C)C(Cl)(c1ccccc1)c1ccc(C)cc1.CC. The molecule has 2 aromatic carbocycles. The lowest BCUT2D eigenvalue weighted by Crippen LogP contribution is -2.23. The quantitative estimate of drug-likeness (QED) is 0.271. The molecule has 2 rings (SSSR count). The second-order valence-corrected chi connectivity index (χ2v) is 6.33. The second kappa shape index (κ2) is 13.0. The molecule has 0 heterocycles. The number of halogens is 2. The molecule has 0 aliphatic carbocycles. The van der Waals surface area contributed by atoms with Gasteiger partial charge in [0.15, 0.2) is 0 Å². The average molecular weight is 399 g/mol. The van der Waals surface area contributed by atoms with Crippen molar-refractivity contribution in [2.24, 2.45) is 0 Å². The highest BCUT2D eigenvalue weighted by molar-refractivity contribution is 6.34. The van der Waals surface area contributed by atoms with Crippen molar-refractivity contribution < 1.29 is 0 Å². The highest BCUT2D eigenvalue weighted by Crippen LogP contribution is 2.45. The van der Waals surface area contributed by atoms with Crippen molar-refractivity contribution >= 4 is 23.2 Å². The third-order valence-electron chi connectivity index (χ3n) is 3.76. The molecule has 0 radical (unpaired) electrons. The van der Waals surface area contributed by atoms with E-state index in [4.69, 9.17) is 23.2 Å². The first-order valence-electron chi connectivity index (χ1n) is 8.84. The molecule has 0 N–H and O–H groups in total. The maximum atomic E-state index is 7.22. The van der Waals surface area contributed by atoms with Crippen LogP contribution in [0.15, 0.2) is 90.0 Å². The molecule has 0 nitrogen and oxygen atoms in total. The van der Waals surface area contributed by atoms with E-state index in [1.807, 2.05) is 75.4 Å². The summed E-state index contributed by atoms with van der Waals surface area (Å²) in [6.07, 6.45) is 13.5. The summed E-state index contributed by atoms with van der Waals surface area (Å²) in [5.41, 5.74) is 3.95. The molecule has 2 aromatic rings. The molecule has 0 aliphatic heterocycles. The molecule has 0 bridgehead atoms. The summed E-state index contributed by atoms with van der Waals surface area (Å²) in [6, 6.07) is 18.2. The van der Waals surface area contributed by atoms with Gasteiger partial charge in [0, 0.05) is 10.6 Å². The Bertz CT molecular complexity index is 765. The van der Waals surface area contributed by atoms with Crippen LogP contribution in [0.4, 0.5) is 0 Å². The highest BCUT2D eigenvalue weighted by Gasteiger charge is 2.36. The predicted molar refractivity (Wildman–Crippen MR) is 123 cm³/mol. The van der Waals surface area contributed by atoms with Crippen molar-refractivity contribution in [3.63, 3.8) is 0 Å². The van der Waals surface area contributed by atoms with E-state index in [1.54, 1.807) is 6.08 Å². The van der Waals surface area contributed by atoms with Crippen LogP contribution in [-0.2, 0) is 4.87 Å². The van der Waals surface area contributed by atoms with Gasteiger partial charge in [-0.1, -0.05) is 110 Å². The summed E-state index contributed by atoms with van der Waals surface area (Å²) in [5, 5.41) is 0.544. The van der Waals surface area contributed by atoms with Gasteiger partial charge < -0.3 is 0 Å². The van der Waals surface area contributed by atoms with E-state index >= 15 is 0 Å². The molecule has 27 heavy (non-hydrogen) atoms. The van der Waals surface area contributed by atoms with Gasteiger partial charge >= 0.3 is 0 Å². The third kappa shape index (κ3) is 6.17. The zero-order valence-electron chi connectivity index (χ0n) is 16.5. The summed E-state index contributed by atoms with van der Waals surface area (Å²) in [5.74, 6) is 0. The maximum absolute atomic E-state index is 7.22. The van der Waals surface area contributed by atoms with Crippen LogP contribution in [-0.4, -0.2) is 0 Å². The summed E-state index contributed by atoms with van der Waals surface area (Å²) >= 11 is 13.7. The third-order valence-corrected chi connectivity index (χ3v) is 4.76. The zero-order valence-corrected chi connectivity index (χ0v) is 18.1. The molecular formula is C25H28Cl2. The van der Waals surface area contributed by atoms with Crippen LogP contribution in [0.5, 0.6) is 0 Å². The number of aryl methyl sites for hydroxylation is 1. The number of alkyl halides is 1. The zero-order chi connectivity index (χ0) is 20.9. The Balaban J connectivity index is 0.00000158. The molecule has 0 fully saturated rings. The van der Waals surface area contributed by atoms with Gasteiger partial charge in [0.25, 0.3) is 0 Å². The summed E-state index contributed by atoms with van der Waals surface area (Å²) in [7, 11) is 0. The van der Waals surface area contributed by atoms with E-state index in [9.17, 15) is 0 Å². The molecule has 2 heteroatoms. The van der Waals surface area contributed by atoms with Crippen molar-refractivity contribution in [3.8, 4) is 12.8 Å². The van der Waals surface area contributed by atoms with Gasteiger partial charge in [-0.15, -0.1) is 24.4 Å². The van der Waals surface area contributed by atoms with E-state index < -0.39 is 4.87 Å². The van der Waals surface area contributed by atoms with Gasteiger partial charge in [0.1, 0.15) is 4.87 Å². The van der Waals surface area contributed by atoms with Gasteiger partial charge in [0.05, 0.1) is 0 Å². The summed E-state index contributed by atoms with van der Waals surface area (Å²) in [4.78, 5) is -0.868. The molecule has 0 saturated heterocycles. The minimum atomic E-state index is -0.868. The number of allylic oxidation sites excluding steroid dienone is 5. The van der Waals surface area contributed by atoms with Gasteiger partial charge in [-0.2, -0.15) is 0 Å². The standard InChI is InChI=1S/C21H20Cl2.C2H6.C2H2/c1-4-9-19(20(22)5-2)21(23,17-10-7-6-8-11-17)18-14-12-16(3)13-15-18;2*1-2/h4-15H,2H2,1,3H3;1-2H3;1-2H/b9-4-,20-19-;;. The van der Waals surface area contributed by atoms with Gasteiger partial charge in [-0.3, -0.25) is 0 Å². The van der Waals surface area contributed by atoms with E-state index in [0.717, 1.165) is 16.7 Å². The maximum Gasteiger partial charge on any atom is 0.121 e. The Hall–Kier alpha value is -2.20. The van der Waals surface area contributed by atoms with Crippen molar-refractivity contribution in [1.29, 1.82) is 0 Å². The Morgan fingerprint density at radius 3 is 1.89 bits per heavy atom. The van der Waals surface area contributed by atoms with Gasteiger partial charge in [-0.05, 0) is 25.0 Å². The van der Waals surface area contributed by atoms with Gasteiger partial charge in [-0.25, -0.2) is 0 Å². The average Bonchev–Trinajstić information content (AvgIpc) is 2.75. The van der Waals surface area contributed by atoms with Crippen LogP contribution in [0, 0.1) is 19.8 Å². The van der Waals surface area contributed by atoms with Gasteiger partial charge in [0.2, 0.25) is 0 Å². The Labute approximate surface area is 175 Å². The van der Waals surface area contributed by atoms with E-state index in [1.165, 1.54) is 5.56 Å². The predicted octanol–water partition coefficient (Wildman–Crippen LogP) is 8.01. The molecule has 0 spiro atoms.